The molecule has 0 aromatic carbocycles. The van der Waals surface area contributed by atoms with Crippen LogP contribution in [0.3, 0.4) is 0 Å². The van der Waals surface area contributed by atoms with Gasteiger partial charge in [-0.1, -0.05) is 33.1 Å². The Balaban J connectivity index is 1.92. The standard InChI is InChI=1S/C11H20/c1-8-4-3-5-10-7-11(10)9(2)6-8/h8-11H,3-7H2,1-2H3. The highest BCUT2D eigenvalue weighted by molar-refractivity contribution is 4.91. The molecule has 4 atom stereocenters. The Kier molecular flexibility index (Phi) is 1.95. The van der Waals surface area contributed by atoms with Crippen molar-refractivity contribution in [2.24, 2.45) is 23.7 Å². The lowest BCUT2D eigenvalue weighted by molar-refractivity contribution is 0.314. The summed E-state index contributed by atoms with van der Waals surface area (Å²) in [5.74, 6) is 4.33. The van der Waals surface area contributed by atoms with Crippen molar-refractivity contribution in [3.05, 3.63) is 0 Å². The first-order valence-electron chi connectivity index (χ1n) is 5.27. The Morgan fingerprint density at radius 1 is 1.00 bits per heavy atom. The fourth-order valence-electron chi connectivity index (χ4n) is 2.96. The topological polar surface area (TPSA) is 0 Å². The average molecular weight is 152 g/mol. The van der Waals surface area contributed by atoms with E-state index in [2.05, 4.69) is 13.8 Å². The number of rotatable bonds is 0. The van der Waals surface area contributed by atoms with Gasteiger partial charge in [-0.3, -0.25) is 0 Å². The summed E-state index contributed by atoms with van der Waals surface area (Å²) in [4.78, 5) is 0. The molecule has 0 spiro atoms. The Labute approximate surface area is 70.4 Å². The molecule has 0 bridgehead atoms. The van der Waals surface area contributed by atoms with Crippen LogP contribution in [0.15, 0.2) is 0 Å². The van der Waals surface area contributed by atoms with Crippen LogP contribution in [0.25, 0.3) is 0 Å². The maximum atomic E-state index is 2.46. The van der Waals surface area contributed by atoms with Crippen LogP contribution in [0.5, 0.6) is 0 Å². The molecule has 11 heavy (non-hydrogen) atoms. The molecule has 0 aromatic heterocycles. The van der Waals surface area contributed by atoms with E-state index >= 15 is 0 Å². The van der Waals surface area contributed by atoms with Crippen molar-refractivity contribution in [3.63, 3.8) is 0 Å². The van der Waals surface area contributed by atoms with Gasteiger partial charge in [0.25, 0.3) is 0 Å². The van der Waals surface area contributed by atoms with Crippen LogP contribution in [0.4, 0.5) is 0 Å². The van der Waals surface area contributed by atoms with Crippen molar-refractivity contribution in [1.82, 2.24) is 0 Å². The summed E-state index contributed by atoms with van der Waals surface area (Å²) in [7, 11) is 0. The monoisotopic (exact) mass is 152 g/mol. The minimum Gasteiger partial charge on any atom is -0.0625 e. The number of hydrogen-bond acceptors (Lipinski definition) is 0. The van der Waals surface area contributed by atoms with Gasteiger partial charge < -0.3 is 0 Å². The third-order valence-corrected chi connectivity index (χ3v) is 3.75. The van der Waals surface area contributed by atoms with Crippen molar-refractivity contribution in [3.8, 4) is 0 Å². The predicted molar refractivity (Wildman–Crippen MR) is 48.4 cm³/mol. The second kappa shape index (κ2) is 2.80. The SMILES string of the molecule is CC1CCCC2CC2C(C)C1. The lowest BCUT2D eigenvalue weighted by Gasteiger charge is -2.20. The lowest BCUT2D eigenvalue weighted by atomic mass is 9.86. The molecule has 0 aromatic rings. The van der Waals surface area contributed by atoms with Gasteiger partial charge in [-0.2, -0.15) is 0 Å². The van der Waals surface area contributed by atoms with Gasteiger partial charge in [-0.25, -0.2) is 0 Å². The Bertz CT molecular complexity index is 139. The fourth-order valence-corrected chi connectivity index (χ4v) is 2.96. The first-order chi connectivity index (χ1) is 5.27. The van der Waals surface area contributed by atoms with Gasteiger partial charge >= 0.3 is 0 Å². The van der Waals surface area contributed by atoms with Crippen LogP contribution in [0.2, 0.25) is 0 Å². The molecule has 0 nitrogen and oxygen atoms in total. The summed E-state index contributed by atoms with van der Waals surface area (Å²) in [5, 5.41) is 0. The van der Waals surface area contributed by atoms with E-state index < -0.39 is 0 Å². The molecule has 2 fully saturated rings. The average Bonchev–Trinajstić information content (AvgIpc) is 2.64. The predicted octanol–water partition coefficient (Wildman–Crippen LogP) is 3.47. The highest BCUT2D eigenvalue weighted by Gasteiger charge is 2.41. The van der Waals surface area contributed by atoms with E-state index in [0.717, 1.165) is 23.7 Å². The smallest absolute Gasteiger partial charge is 0.0357 e. The Morgan fingerprint density at radius 3 is 2.64 bits per heavy atom. The molecule has 0 N–H and O–H groups in total. The Morgan fingerprint density at radius 2 is 1.82 bits per heavy atom. The van der Waals surface area contributed by atoms with Crippen molar-refractivity contribution in [2.75, 3.05) is 0 Å². The minimum atomic E-state index is 1.01. The summed E-state index contributed by atoms with van der Waals surface area (Å²) in [6, 6.07) is 0. The van der Waals surface area contributed by atoms with Crippen LogP contribution < -0.4 is 0 Å². The zero-order valence-electron chi connectivity index (χ0n) is 7.84. The normalized spacial score (nSPS) is 50.7. The molecule has 0 aliphatic heterocycles. The number of hydrogen-bond donors (Lipinski definition) is 0. The van der Waals surface area contributed by atoms with Crippen molar-refractivity contribution >= 4 is 0 Å². The minimum absolute atomic E-state index is 1.01. The first kappa shape index (κ1) is 7.64. The molecule has 4 unspecified atom stereocenters. The third-order valence-electron chi connectivity index (χ3n) is 3.75. The summed E-state index contributed by atoms with van der Waals surface area (Å²) in [5.41, 5.74) is 0. The molecule has 0 amide bonds. The van der Waals surface area contributed by atoms with E-state index in [0.29, 0.717) is 0 Å². The van der Waals surface area contributed by atoms with Gasteiger partial charge in [-0.05, 0) is 36.5 Å². The third kappa shape index (κ3) is 1.60. The Hall–Kier alpha value is 0. The van der Waals surface area contributed by atoms with Gasteiger partial charge in [0.15, 0.2) is 0 Å². The first-order valence-corrected chi connectivity index (χ1v) is 5.27. The van der Waals surface area contributed by atoms with E-state index in [1.165, 1.54) is 19.3 Å². The van der Waals surface area contributed by atoms with Gasteiger partial charge in [0.2, 0.25) is 0 Å². The zero-order valence-corrected chi connectivity index (χ0v) is 7.84. The molecule has 0 radical (unpaired) electrons. The van der Waals surface area contributed by atoms with E-state index in [1.807, 2.05) is 0 Å². The highest BCUT2D eigenvalue weighted by Crippen LogP contribution is 2.50. The summed E-state index contributed by atoms with van der Waals surface area (Å²) < 4.78 is 0. The molecule has 0 heterocycles. The molecular weight excluding hydrogens is 132 g/mol. The zero-order chi connectivity index (χ0) is 7.84. The van der Waals surface area contributed by atoms with Crippen LogP contribution in [0, 0.1) is 23.7 Å². The van der Waals surface area contributed by atoms with Crippen LogP contribution >= 0.6 is 0 Å². The van der Waals surface area contributed by atoms with Gasteiger partial charge in [-0.15, -0.1) is 0 Å². The van der Waals surface area contributed by atoms with E-state index in [-0.39, 0.29) is 0 Å². The van der Waals surface area contributed by atoms with Crippen LogP contribution in [-0.2, 0) is 0 Å². The summed E-state index contributed by atoms with van der Waals surface area (Å²) in [6.45, 7) is 4.89. The molecular formula is C11H20. The van der Waals surface area contributed by atoms with Crippen molar-refractivity contribution < 1.29 is 0 Å². The fraction of sp³-hybridized carbons (Fsp3) is 1.00. The van der Waals surface area contributed by atoms with Crippen LogP contribution in [0.1, 0.15) is 46.0 Å². The van der Waals surface area contributed by atoms with Gasteiger partial charge in [0, 0.05) is 0 Å². The highest BCUT2D eigenvalue weighted by atomic mass is 14.5. The van der Waals surface area contributed by atoms with Gasteiger partial charge in [0.05, 0.1) is 0 Å². The maximum absolute atomic E-state index is 2.46. The lowest BCUT2D eigenvalue weighted by Crippen LogP contribution is -2.09. The molecule has 0 saturated heterocycles. The second-order valence-corrected chi connectivity index (χ2v) is 4.91. The summed E-state index contributed by atoms with van der Waals surface area (Å²) >= 11 is 0. The molecule has 2 saturated carbocycles. The van der Waals surface area contributed by atoms with Crippen molar-refractivity contribution in [1.29, 1.82) is 0 Å². The van der Waals surface area contributed by atoms with Crippen LogP contribution in [-0.4, -0.2) is 0 Å². The molecule has 2 aliphatic carbocycles. The molecule has 0 heteroatoms. The second-order valence-electron chi connectivity index (χ2n) is 4.91. The number of fused-ring (bicyclic) bond motifs is 1. The van der Waals surface area contributed by atoms with E-state index in [4.69, 9.17) is 0 Å². The largest absolute Gasteiger partial charge is 0.0625 e. The molecule has 2 aliphatic rings. The molecule has 64 valence electrons. The van der Waals surface area contributed by atoms with E-state index in [9.17, 15) is 0 Å². The quantitative estimate of drug-likeness (QED) is 0.498. The van der Waals surface area contributed by atoms with Gasteiger partial charge in [0.1, 0.15) is 0 Å². The van der Waals surface area contributed by atoms with E-state index in [1.54, 1.807) is 12.8 Å². The molecule has 2 rings (SSSR count). The summed E-state index contributed by atoms with van der Waals surface area (Å²) in [6.07, 6.45) is 7.61. The maximum Gasteiger partial charge on any atom is -0.0357 e. The van der Waals surface area contributed by atoms with Crippen molar-refractivity contribution in [2.45, 2.75) is 46.0 Å².